The minimum absolute atomic E-state index is 0.0777. The molecule has 0 saturated heterocycles. The van der Waals surface area contributed by atoms with Gasteiger partial charge in [0.2, 0.25) is 0 Å². The summed E-state index contributed by atoms with van der Waals surface area (Å²) in [6.07, 6.45) is -2.85. The first-order chi connectivity index (χ1) is 9.10. The molecule has 1 atom stereocenters. The lowest BCUT2D eigenvalue weighted by Gasteiger charge is -2.31. The molecule has 1 aliphatic rings. The lowest BCUT2D eigenvalue weighted by molar-refractivity contribution is -0.145. The van der Waals surface area contributed by atoms with E-state index >= 15 is 0 Å². The van der Waals surface area contributed by atoms with Crippen LogP contribution in [0.5, 0.6) is 0 Å². The second-order valence-corrected chi connectivity index (χ2v) is 5.25. The van der Waals surface area contributed by atoms with Gasteiger partial charge in [-0.3, -0.25) is 0 Å². The molecule has 1 rings (SSSR count). The summed E-state index contributed by atoms with van der Waals surface area (Å²) in [6.45, 7) is 1.52. The summed E-state index contributed by atoms with van der Waals surface area (Å²) in [7, 11) is 0. The third kappa shape index (κ3) is 4.28. The first-order valence-corrected chi connectivity index (χ1v) is 6.47. The van der Waals surface area contributed by atoms with Gasteiger partial charge < -0.3 is 15.3 Å². The summed E-state index contributed by atoms with van der Waals surface area (Å²) in [5, 5.41) is 11.4. The Kier molecular flexibility index (Phi) is 4.88. The van der Waals surface area contributed by atoms with Crippen LogP contribution < -0.4 is 5.32 Å². The molecule has 1 saturated carbocycles. The number of carboxylic acids is 1. The van der Waals surface area contributed by atoms with E-state index in [4.69, 9.17) is 0 Å². The normalized spacial score (nSPS) is 18.2. The number of urea groups is 1. The number of alkyl halides is 3. The SMILES string of the molecule is CCCN(CC(F)(F)F)C(=O)NC(C)(C(=O)O)C1CC1. The van der Waals surface area contributed by atoms with Crippen molar-refractivity contribution in [2.24, 2.45) is 5.92 Å². The number of aliphatic carboxylic acids is 1. The molecule has 0 aromatic rings. The van der Waals surface area contributed by atoms with E-state index in [0.717, 1.165) is 0 Å². The van der Waals surface area contributed by atoms with Crippen LogP contribution in [0.25, 0.3) is 0 Å². The Morgan fingerprint density at radius 2 is 1.90 bits per heavy atom. The van der Waals surface area contributed by atoms with Gasteiger partial charge in [-0.25, -0.2) is 9.59 Å². The molecule has 2 amide bonds. The number of rotatable bonds is 6. The quantitative estimate of drug-likeness (QED) is 0.789. The maximum absolute atomic E-state index is 12.4. The summed E-state index contributed by atoms with van der Waals surface area (Å²) in [5.74, 6) is -1.45. The number of nitrogens with zero attached hydrogens (tertiary/aromatic N) is 1. The van der Waals surface area contributed by atoms with Gasteiger partial charge in [-0.1, -0.05) is 6.92 Å². The van der Waals surface area contributed by atoms with Crippen LogP contribution in [-0.2, 0) is 4.79 Å². The van der Waals surface area contributed by atoms with E-state index in [1.165, 1.54) is 6.92 Å². The van der Waals surface area contributed by atoms with Crippen molar-refractivity contribution >= 4 is 12.0 Å². The number of hydrogen-bond donors (Lipinski definition) is 2. The zero-order chi connectivity index (χ0) is 15.6. The van der Waals surface area contributed by atoms with Crippen LogP contribution in [0.4, 0.5) is 18.0 Å². The summed E-state index contributed by atoms with van der Waals surface area (Å²) in [4.78, 5) is 23.8. The highest BCUT2D eigenvalue weighted by atomic mass is 19.4. The van der Waals surface area contributed by atoms with Crippen LogP contribution in [0.3, 0.4) is 0 Å². The molecule has 20 heavy (non-hydrogen) atoms. The van der Waals surface area contributed by atoms with Crippen molar-refractivity contribution in [3.05, 3.63) is 0 Å². The van der Waals surface area contributed by atoms with Gasteiger partial charge in [0.05, 0.1) is 0 Å². The van der Waals surface area contributed by atoms with Crippen LogP contribution >= 0.6 is 0 Å². The number of halogens is 3. The molecule has 5 nitrogen and oxygen atoms in total. The van der Waals surface area contributed by atoms with Crippen molar-refractivity contribution in [1.29, 1.82) is 0 Å². The smallest absolute Gasteiger partial charge is 0.406 e. The fraction of sp³-hybridized carbons (Fsp3) is 0.833. The lowest BCUT2D eigenvalue weighted by Crippen LogP contribution is -2.58. The van der Waals surface area contributed by atoms with Crippen molar-refractivity contribution in [3.8, 4) is 0 Å². The Morgan fingerprint density at radius 1 is 1.35 bits per heavy atom. The lowest BCUT2D eigenvalue weighted by atomic mass is 9.96. The van der Waals surface area contributed by atoms with Crippen LogP contribution in [0, 0.1) is 5.92 Å². The van der Waals surface area contributed by atoms with E-state index in [2.05, 4.69) is 5.32 Å². The average molecular weight is 296 g/mol. The minimum Gasteiger partial charge on any atom is -0.480 e. The molecule has 0 heterocycles. The summed E-state index contributed by atoms with van der Waals surface area (Å²) in [6, 6.07) is -0.985. The summed E-state index contributed by atoms with van der Waals surface area (Å²) >= 11 is 0. The molecule has 8 heteroatoms. The maximum atomic E-state index is 12.4. The van der Waals surface area contributed by atoms with Crippen molar-refractivity contribution in [2.45, 2.75) is 44.8 Å². The van der Waals surface area contributed by atoms with E-state index < -0.39 is 30.3 Å². The highest BCUT2D eigenvalue weighted by Crippen LogP contribution is 2.39. The predicted octanol–water partition coefficient (Wildman–Crippen LogP) is 2.22. The predicted molar refractivity (Wildman–Crippen MR) is 65.2 cm³/mol. The van der Waals surface area contributed by atoms with Crippen LogP contribution in [0.15, 0.2) is 0 Å². The third-order valence-electron chi connectivity index (χ3n) is 3.36. The molecule has 0 bridgehead atoms. The van der Waals surface area contributed by atoms with Crippen molar-refractivity contribution in [3.63, 3.8) is 0 Å². The molecule has 0 aliphatic heterocycles. The van der Waals surface area contributed by atoms with Gasteiger partial charge >= 0.3 is 18.2 Å². The fourth-order valence-electron chi connectivity index (χ4n) is 2.03. The molecule has 116 valence electrons. The number of carbonyl (C=O) groups is 2. The second kappa shape index (κ2) is 5.88. The van der Waals surface area contributed by atoms with E-state index in [-0.39, 0.29) is 12.5 Å². The molecular weight excluding hydrogens is 277 g/mol. The fourth-order valence-corrected chi connectivity index (χ4v) is 2.03. The zero-order valence-electron chi connectivity index (χ0n) is 11.5. The average Bonchev–Trinajstić information content (AvgIpc) is 3.10. The molecular formula is C12H19F3N2O3. The Bertz CT molecular complexity index is 383. The molecule has 0 radical (unpaired) electrons. The molecule has 1 unspecified atom stereocenters. The van der Waals surface area contributed by atoms with E-state index in [1.807, 2.05) is 0 Å². The molecule has 1 fully saturated rings. The van der Waals surface area contributed by atoms with Gasteiger partial charge in [-0.05, 0) is 32.1 Å². The standard InChI is InChI=1S/C12H19F3N2O3/c1-3-6-17(7-12(13,14)15)10(20)16-11(2,9(18)19)8-4-5-8/h8H,3-7H2,1-2H3,(H,16,20)(H,18,19). The number of carbonyl (C=O) groups excluding carboxylic acids is 1. The number of hydrogen-bond acceptors (Lipinski definition) is 2. The van der Waals surface area contributed by atoms with E-state index in [9.17, 15) is 27.9 Å². The monoisotopic (exact) mass is 296 g/mol. The minimum atomic E-state index is -4.51. The summed E-state index contributed by atoms with van der Waals surface area (Å²) < 4.78 is 37.2. The molecule has 1 aliphatic carbocycles. The Labute approximate surface area is 115 Å². The van der Waals surface area contributed by atoms with E-state index in [0.29, 0.717) is 24.2 Å². The van der Waals surface area contributed by atoms with Gasteiger partial charge in [-0.2, -0.15) is 13.2 Å². The zero-order valence-corrected chi connectivity index (χ0v) is 11.5. The second-order valence-electron chi connectivity index (χ2n) is 5.25. The Balaban J connectivity index is 2.76. The van der Waals surface area contributed by atoms with Crippen molar-refractivity contribution < 1.29 is 27.9 Å². The number of nitrogens with one attached hydrogen (secondary N) is 1. The van der Waals surface area contributed by atoms with Crippen molar-refractivity contribution in [2.75, 3.05) is 13.1 Å². The topological polar surface area (TPSA) is 69.6 Å². The highest BCUT2D eigenvalue weighted by Gasteiger charge is 2.49. The Morgan fingerprint density at radius 3 is 2.25 bits per heavy atom. The molecule has 0 aromatic heterocycles. The van der Waals surface area contributed by atoms with Crippen molar-refractivity contribution in [1.82, 2.24) is 10.2 Å². The van der Waals surface area contributed by atoms with Gasteiger partial charge in [0, 0.05) is 6.54 Å². The van der Waals surface area contributed by atoms with Gasteiger partial charge in [0.1, 0.15) is 12.1 Å². The maximum Gasteiger partial charge on any atom is 0.406 e. The van der Waals surface area contributed by atoms with Gasteiger partial charge in [0.25, 0.3) is 0 Å². The van der Waals surface area contributed by atoms with Crippen LogP contribution in [0.1, 0.15) is 33.1 Å². The first-order valence-electron chi connectivity index (χ1n) is 6.47. The van der Waals surface area contributed by atoms with Crippen LogP contribution in [-0.4, -0.2) is 46.8 Å². The first kappa shape index (κ1) is 16.6. The Hall–Kier alpha value is -1.47. The van der Waals surface area contributed by atoms with E-state index in [1.54, 1.807) is 6.92 Å². The highest BCUT2D eigenvalue weighted by molar-refractivity contribution is 5.86. The third-order valence-corrected chi connectivity index (χ3v) is 3.36. The largest absolute Gasteiger partial charge is 0.480 e. The number of carboxylic acid groups (broad SMARTS) is 1. The number of amides is 2. The molecule has 0 spiro atoms. The van der Waals surface area contributed by atoms with Gasteiger partial charge in [0.15, 0.2) is 0 Å². The molecule has 2 N–H and O–H groups in total. The summed E-state index contributed by atoms with van der Waals surface area (Å²) in [5.41, 5.74) is -1.51. The van der Waals surface area contributed by atoms with Gasteiger partial charge in [-0.15, -0.1) is 0 Å². The van der Waals surface area contributed by atoms with Crippen LogP contribution in [0.2, 0.25) is 0 Å². The molecule has 0 aromatic carbocycles.